The predicted molar refractivity (Wildman–Crippen MR) is 101 cm³/mol. The number of aromatic nitrogens is 2. The molecule has 1 N–H and O–H groups in total. The van der Waals surface area contributed by atoms with Gasteiger partial charge in [0.1, 0.15) is 16.5 Å². The second kappa shape index (κ2) is 6.64. The summed E-state index contributed by atoms with van der Waals surface area (Å²) in [4.78, 5) is 31.3. The monoisotopic (exact) mass is 371 g/mol. The van der Waals surface area contributed by atoms with Gasteiger partial charge in [0.25, 0.3) is 11.5 Å². The zero-order valence-corrected chi connectivity index (χ0v) is 15.2. The molecular formula is C19H18FN3O2S. The average molecular weight is 371 g/mol. The van der Waals surface area contributed by atoms with Crippen molar-refractivity contribution in [1.82, 2.24) is 9.55 Å². The number of nitrogens with zero attached hydrogens (tertiary/aromatic N) is 2. The lowest BCUT2D eigenvalue weighted by Gasteiger charge is -2.08. The van der Waals surface area contributed by atoms with E-state index in [1.165, 1.54) is 35.6 Å². The van der Waals surface area contributed by atoms with Crippen LogP contribution in [-0.4, -0.2) is 15.5 Å². The molecule has 1 aliphatic heterocycles. The molecule has 0 bridgehead atoms. The maximum Gasteiger partial charge on any atom is 0.266 e. The van der Waals surface area contributed by atoms with Crippen molar-refractivity contribution >= 4 is 33.1 Å². The Morgan fingerprint density at radius 3 is 2.77 bits per heavy atom. The topological polar surface area (TPSA) is 64.0 Å². The van der Waals surface area contributed by atoms with Crippen molar-refractivity contribution in [2.45, 2.75) is 39.2 Å². The minimum absolute atomic E-state index is 0.0542. The Hall–Kier alpha value is -2.54. The first-order chi connectivity index (χ1) is 12.5. The fraction of sp³-hybridized carbons (Fsp3) is 0.316. The number of carbonyl (C=O) groups is 1. The van der Waals surface area contributed by atoms with Crippen molar-refractivity contribution < 1.29 is 9.18 Å². The van der Waals surface area contributed by atoms with Crippen LogP contribution in [0.3, 0.4) is 0 Å². The lowest BCUT2D eigenvalue weighted by Crippen LogP contribution is -2.24. The maximum atomic E-state index is 13.0. The molecule has 1 aliphatic rings. The minimum atomic E-state index is -0.361. The van der Waals surface area contributed by atoms with Gasteiger partial charge in [-0.25, -0.2) is 9.37 Å². The highest BCUT2D eigenvalue weighted by molar-refractivity contribution is 7.20. The van der Waals surface area contributed by atoms with Crippen LogP contribution < -0.4 is 10.9 Å². The first kappa shape index (κ1) is 16.9. The number of amides is 1. The summed E-state index contributed by atoms with van der Waals surface area (Å²) in [5, 5.41) is 3.29. The van der Waals surface area contributed by atoms with Gasteiger partial charge in [-0.1, -0.05) is 6.42 Å². The Bertz CT molecular complexity index is 1050. The number of benzene rings is 1. The van der Waals surface area contributed by atoms with Gasteiger partial charge in [-0.3, -0.25) is 14.2 Å². The van der Waals surface area contributed by atoms with Crippen LogP contribution in [0.1, 0.15) is 40.3 Å². The van der Waals surface area contributed by atoms with Gasteiger partial charge in [0.2, 0.25) is 0 Å². The fourth-order valence-corrected chi connectivity index (χ4v) is 4.43. The first-order valence-electron chi connectivity index (χ1n) is 8.64. The molecule has 3 aromatic rings. The molecule has 5 nitrogen and oxygen atoms in total. The van der Waals surface area contributed by atoms with Crippen LogP contribution in [0.4, 0.5) is 10.1 Å². The molecule has 0 saturated heterocycles. The molecule has 0 aliphatic carbocycles. The highest BCUT2D eigenvalue weighted by Gasteiger charge is 2.22. The van der Waals surface area contributed by atoms with E-state index in [1.54, 1.807) is 11.5 Å². The first-order valence-corrected chi connectivity index (χ1v) is 9.46. The van der Waals surface area contributed by atoms with Crippen molar-refractivity contribution in [3.05, 3.63) is 56.7 Å². The van der Waals surface area contributed by atoms with E-state index in [0.717, 1.165) is 31.5 Å². The van der Waals surface area contributed by atoms with Gasteiger partial charge >= 0.3 is 0 Å². The summed E-state index contributed by atoms with van der Waals surface area (Å²) in [6.45, 7) is 2.47. The van der Waals surface area contributed by atoms with Crippen LogP contribution in [0.2, 0.25) is 0 Å². The van der Waals surface area contributed by atoms with Gasteiger partial charge < -0.3 is 5.32 Å². The third-order valence-electron chi connectivity index (χ3n) is 4.72. The van der Waals surface area contributed by atoms with Crippen molar-refractivity contribution in [2.24, 2.45) is 0 Å². The SMILES string of the molecule is Cc1c(C(=O)Nc2ccc(F)cc2)sc2nc3n(c(=O)c12)CCCCC3. The number of aryl methyl sites for hydroxylation is 2. The standard InChI is InChI=1S/C19H18FN3O2S/c1-11-15-18(22-14-5-3-2-4-10-23(14)19(15)25)26-16(11)17(24)21-13-8-6-12(20)7-9-13/h6-9H,2-5,10H2,1H3,(H,21,24). The van der Waals surface area contributed by atoms with Crippen LogP contribution in [0.25, 0.3) is 10.2 Å². The normalized spacial score (nSPS) is 14.1. The number of fused-ring (bicyclic) bond motifs is 2. The van der Waals surface area contributed by atoms with E-state index in [2.05, 4.69) is 10.3 Å². The zero-order valence-electron chi connectivity index (χ0n) is 14.3. The molecule has 7 heteroatoms. The molecule has 1 amide bonds. The number of rotatable bonds is 2. The van der Waals surface area contributed by atoms with Gasteiger partial charge in [-0.2, -0.15) is 0 Å². The summed E-state index contributed by atoms with van der Waals surface area (Å²) >= 11 is 1.24. The predicted octanol–water partition coefficient (Wildman–Crippen LogP) is 3.88. The fourth-order valence-electron chi connectivity index (χ4n) is 3.35. The summed E-state index contributed by atoms with van der Waals surface area (Å²) in [5.41, 5.74) is 1.11. The Kier molecular flexibility index (Phi) is 4.32. The third kappa shape index (κ3) is 2.92. The van der Waals surface area contributed by atoms with Gasteiger partial charge in [-0.05, 0) is 49.6 Å². The number of hydrogen-bond donors (Lipinski definition) is 1. The molecular weight excluding hydrogens is 353 g/mol. The molecule has 0 radical (unpaired) electrons. The van der Waals surface area contributed by atoms with Crippen LogP contribution in [0.15, 0.2) is 29.1 Å². The Morgan fingerprint density at radius 2 is 2.00 bits per heavy atom. The Morgan fingerprint density at radius 1 is 1.23 bits per heavy atom. The van der Waals surface area contributed by atoms with E-state index >= 15 is 0 Å². The van der Waals surface area contributed by atoms with Crippen molar-refractivity contribution in [1.29, 1.82) is 0 Å². The molecule has 1 aromatic carbocycles. The quantitative estimate of drug-likeness (QED) is 0.743. The van der Waals surface area contributed by atoms with E-state index in [-0.39, 0.29) is 17.3 Å². The summed E-state index contributed by atoms with van der Waals surface area (Å²) in [6, 6.07) is 5.59. The van der Waals surface area contributed by atoms with E-state index in [4.69, 9.17) is 0 Å². The van der Waals surface area contributed by atoms with E-state index in [1.807, 2.05) is 0 Å². The summed E-state index contributed by atoms with van der Waals surface area (Å²) in [7, 11) is 0. The van der Waals surface area contributed by atoms with E-state index in [0.29, 0.717) is 32.9 Å². The Balaban J connectivity index is 1.75. The zero-order chi connectivity index (χ0) is 18.3. The van der Waals surface area contributed by atoms with Crippen molar-refractivity contribution in [3.8, 4) is 0 Å². The lowest BCUT2D eigenvalue weighted by molar-refractivity contribution is 0.103. The van der Waals surface area contributed by atoms with E-state index in [9.17, 15) is 14.0 Å². The average Bonchev–Trinajstić information content (AvgIpc) is 2.80. The molecule has 0 unspecified atom stereocenters. The number of thiophene rings is 1. The number of nitrogens with one attached hydrogen (secondary N) is 1. The largest absolute Gasteiger partial charge is 0.321 e. The molecule has 26 heavy (non-hydrogen) atoms. The molecule has 0 spiro atoms. The smallest absolute Gasteiger partial charge is 0.266 e. The van der Waals surface area contributed by atoms with E-state index < -0.39 is 0 Å². The summed E-state index contributed by atoms with van der Waals surface area (Å²) < 4.78 is 14.8. The molecule has 0 atom stereocenters. The maximum absolute atomic E-state index is 13.0. The van der Waals surface area contributed by atoms with Gasteiger partial charge in [0.15, 0.2) is 0 Å². The number of carbonyl (C=O) groups excluding carboxylic acids is 1. The lowest BCUT2D eigenvalue weighted by atomic mass is 10.2. The molecule has 3 heterocycles. The molecule has 4 rings (SSSR count). The van der Waals surface area contributed by atoms with Gasteiger partial charge in [0.05, 0.1) is 10.3 Å². The Labute approximate surface area is 153 Å². The number of anilines is 1. The second-order valence-corrected chi connectivity index (χ2v) is 7.49. The molecule has 0 saturated carbocycles. The van der Waals surface area contributed by atoms with Crippen molar-refractivity contribution in [2.75, 3.05) is 5.32 Å². The number of halogens is 1. The van der Waals surface area contributed by atoms with Gasteiger partial charge in [-0.15, -0.1) is 11.3 Å². The van der Waals surface area contributed by atoms with Crippen LogP contribution in [0.5, 0.6) is 0 Å². The van der Waals surface area contributed by atoms with Crippen LogP contribution in [-0.2, 0) is 13.0 Å². The molecule has 2 aromatic heterocycles. The molecule has 134 valence electrons. The minimum Gasteiger partial charge on any atom is -0.321 e. The molecule has 0 fully saturated rings. The highest BCUT2D eigenvalue weighted by Crippen LogP contribution is 2.29. The number of hydrogen-bond acceptors (Lipinski definition) is 4. The van der Waals surface area contributed by atoms with Crippen molar-refractivity contribution in [3.63, 3.8) is 0 Å². The summed E-state index contributed by atoms with van der Waals surface area (Å²) in [5.74, 6) is 0.142. The van der Waals surface area contributed by atoms with Crippen LogP contribution >= 0.6 is 11.3 Å². The van der Waals surface area contributed by atoms with Crippen LogP contribution in [0, 0.1) is 12.7 Å². The summed E-state index contributed by atoms with van der Waals surface area (Å²) in [6.07, 6.45) is 3.89. The van der Waals surface area contributed by atoms with Gasteiger partial charge in [0, 0.05) is 18.7 Å². The third-order valence-corrected chi connectivity index (χ3v) is 5.90. The highest BCUT2D eigenvalue weighted by atomic mass is 32.1. The second-order valence-electron chi connectivity index (χ2n) is 6.49.